The van der Waals surface area contributed by atoms with Crippen molar-refractivity contribution in [2.24, 2.45) is 0 Å². The van der Waals surface area contributed by atoms with E-state index in [-0.39, 0.29) is 24.3 Å². The molecule has 2 fully saturated rings. The minimum absolute atomic E-state index is 0.0229. The maximum Gasteiger partial charge on any atom is 0.274 e. The summed E-state index contributed by atoms with van der Waals surface area (Å²) < 4.78 is 7.71. The van der Waals surface area contributed by atoms with E-state index >= 15 is 0 Å². The van der Waals surface area contributed by atoms with E-state index in [1.807, 2.05) is 31.2 Å². The predicted molar refractivity (Wildman–Crippen MR) is 147 cm³/mol. The van der Waals surface area contributed by atoms with Gasteiger partial charge in [-0.25, -0.2) is 10.3 Å². The number of carbonyl (C=O) groups is 3. The van der Waals surface area contributed by atoms with Crippen LogP contribution in [-0.2, 0) is 32.3 Å². The minimum Gasteiger partial charge on any atom is -0.350 e. The number of nitrogens with one attached hydrogen (secondary N) is 1. The summed E-state index contributed by atoms with van der Waals surface area (Å²) in [5, 5.41) is 1.12. The number of hydrogen-bond acceptors (Lipinski definition) is 5. The molecular weight excluding hydrogens is 496 g/mol. The molecule has 2 aliphatic heterocycles. The summed E-state index contributed by atoms with van der Waals surface area (Å²) >= 11 is 0. The Balaban J connectivity index is 1.36. The zero-order chi connectivity index (χ0) is 27.5. The molecule has 0 radical (unpaired) electrons. The van der Waals surface area contributed by atoms with Gasteiger partial charge in [-0.15, -0.1) is 0 Å². The number of benzene rings is 2. The summed E-state index contributed by atoms with van der Waals surface area (Å²) in [6.45, 7) is 7.95. The molecule has 206 valence electrons. The fourth-order valence-corrected chi connectivity index (χ4v) is 5.44. The Kier molecular flexibility index (Phi) is 7.99. The number of piperazine rings is 1. The van der Waals surface area contributed by atoms with Gasteiger partial charge in [0.15, 0.2) is 6.29 Å². The summed E-state index contributed by atoms with van der Waals surface area (Å²) in [7, 11) is 0. The van der Waals surface area contributed by atoms with E-state index in [1.165, 1.54) is 0 Å². The molecule has 2 atom stereocenters. The van der Waals surface area contributed by atoms with Crippen LogP contribution in [0.5, 0.6) is 0 Å². The smallest absolute Gasteiger partial charge is 0.274 e. The number of aryl methyl sites for hydroxylation is 1. The van der Waals surface area contributed by atoms with Crippen LogP contribution in [0, 0.1) is 6.92 Å². The number of nitrogens with zero attached hydrogens (tertiary/aromatic N) is 3. The third-order valence-corrected chi connectivity index (χ3v) is 7.82. The molecule has 0 aliphatic carbocycles. The van der Waals surface area contributed by atoms with Crippen LogP contribution < -0.4 is 5.48 Å². The van der Waals surface area contributed by atoms with Gasteiger partial charge in [0, 0.05) is 48.3 Å². The summed E-state index contributed by atoms with van der Waals surface area (Å²) in [6.07, 6.45) is 2.39. The molecule has 39 heavy (non-hydrogen) atoms. The van der Waals surface area contributed by atoms with Crippen LogP contribution in [0.2, 0.25) is 0 Å². The van der Waals surface area contributed by atoms with Crippen LogP contribution in [0.4, 0.5) is 0 Å². The maximum absolute atomic E-state index is 13.0. The van der Waals surface area contributed by atoms with Gasteiger partial charge in [0.1, 0.15) is 6.04 Å². The zero-order valence-electron chi connectivity index (χ0n) is 22.8. The van der Waals surface area contributed by atoms with Gasteiger partial charge in [-0.3, -0.25) is 14.4 Å². The van der Waals surface area contributed by atoms with E-state index in [9.17, 15) is 14.4 Å². The van der Waals surface area contributed by atoms with Crippen molar-refractivity contribution >= 4 is 28.6 Å². The van der Waals surface area contributed by atoms with Crippen molar-refractivity contribution in [3.05, 3.63) is 70.9 Å². The summed E-state index contributed by atoms with van der Waals surface area (Å²) in [5.41, 5.74) is 7.16. The number of carbonyl (C=O) groups excluding carboxylic acids is 3. The van der Waals surface area contributed by atoms with Crippen molar-refractivity contribution in [2.75, 3.05) is 19.7 Å². The standard InChI is InChI=1S/C30H36N4O5/c1-4-32-19-27(35)33(21(3)30(32)37)18-26-20(2)24-9-5-6-10-25(24)34(26)17-22-12-14-23(15-13-22)29(36)31-39-28-11-7-8-16-38-28/h5-6,9-10,12-15,21,28H,4,7-8,11,16-19H2,1-3H3,(H,31,36). The second kappa shape index (κ2) is 11.6. The first kappa shape index (κ1) is 26.9. The van der Waals surface area contributed by atoms with E-state index in [0.29, 0.717) is 31.8 Å². The number of rotatable bonds is 8. The first-order chi connectivity index (χ1) is 18.9. The number of likely N-dealkylation sites (N-methyl/N-ethyl adjacent to an activating group) is 1. The molecule has 1 aromatic heterocycles. The van der Waals surface area contributed by atoms with Crippen LogP contribution in [0.15, 0.2) is 48.5 Å². The average molecular weight is 533 g/mol. The molecule has 0 spiro atoms. The quantitative estimate of drug-likeness (QED) is 0.446. The van der Waals surface area contributed by atoms with Crippen molar-refractivity contribution in [1.82, 2.24) is 19.8 Å². The molecular formula is C30H36N4O5. The number of para-hydroxylation sites is 1. The Labute approximate surface area is 228 Å². The van der Waals surface area contributed by atoms with Gasteiger partial charge in [0.25, 0.3) is 5.91 Å². The molecule has 2 aliphatic rings. The molecule has 2 aromatic carbocycles. The topological polar surface area (TPSA) is 93.1 Å². The molecule has 2 unspecified atom stereocenters. The summed E-state index contributed by atoms with van der Waals surface area (Å²) in [6, 6.07) is 15.1. The number of ether oxygens (including phenoxy) is 1. The van der Waals surface area contributed by atoms with Gasteiger partial charge in [-0.1, -0.05) is 30.3 Å². The Bertz CT molecular complexity index is 1360. The lowest BCUT2D eigenvalue weighted by atomic mass is 10.1. The van der Waals surface area contributed by atoms with Crippen LogP contribution in [-0.4, -0.2) is 64.1 Å². The normalized spacial score (nSPS) is 20.1. The van der Waals surface area contributed by atoms with Crippen LogP contribution in [0.3, 0.4) is 0 Å². The molecule has 9 heteroatoms. The second-order valence-electron chi connectivity index (χ2n) is 10.3. The average Bonchev–Trinajstić information content (AvgIpc) is 3.22. The third-order valence-electron chi connectivity index (χ3n) is 7.82. The summed E-state index contributed by atoms with van der Waals surface area (Å²) in [5.74, 6) is -0.385. The molecule has 1 N–H and O–H groups in total. The molecule has 0 bridgehead atoms. The largest absolute Gasteiger partial charge is 0.350 e. The van der Waals surface area contributed by atoms with E-state index in [2.05, 4.69) is 29.1 Å². The second-order valence-corrected chi connectivity index (χ2v) is 10.3. The molecule has 0 saturated carbocycles. The van der Waals surface area contributed by atoms with Gasteiger partial charge in [-0.05, 0) is 62.9 Å². The van der Waals surface area contributed by atoms with E-state index in [0.717, 1.165) is 47.0 Å². The maximum atomic E-state index is 13.0. The highest BCUT2D eigenvalue weighted by atomic mass is 16.8. The van der Waals surface area contributed by atoms with Crippen molar-refractivity contribution < 1.29 is 24.0 Å². The molecule has 2 saturated heterocycles. The molecule has 3 heterocycles. The number of aromatic nitrogens is 1. The Morgan fingerprint density at radius 2 is 1.85 bits per heavy atom. The van der Waals surface area contributed by atoms with E-state index in [1.54, 1.807) is 28.9 Å². The van der Waals surface area contributed by atoms with Crippen molar-refractivity contribution in [3.8, 4) is 0 Å². The highest BCUT2D eigenvalue weighted by molar-refractivity contribution is 5.95. The number of fused-ring (bicyclic) bond motifs is 1. The SMILES string of the molecule is CCN1CC(=O)N(Cc2c(C)c3ccccc3n2Cc2ccc(C(=O)NOC3CCCCO3)cc2)C(C)C1=O. The fraction of sp³-hybridized carbons (Fsp3) is 0.433. The molecule has 3 amide bonds. The molecule has 9 nitrogen and oxygen atoms in total. The predicted octanol–water partition coefficient (Wildman–Crippen LogP) is 3.77. The Morgan fingerprint density at radius 3 is 2.56 bits per heavy atom. The third kappa shape index (κ3) is 5.55. The van der Waals surface area contributed by atoms with Crippen molar-refractivity contribution in [3.63, 3.8) is 0 Å². The zero-order valence-corrected chi connectivity index (χ0v) is 22.8. The van der Waals surface area contributed by atoms with Gasteiger partial charge >= 0.3 is 0 Å². The van der Waals surface area contributed by atoms with E-state index < -0.39 is 12.3 Å². The van der Waals surface area contributed by atoms with Crippen molar-refractivity contribution in [2.45, 2.75) is 65.5 Å². The minimum atomic E-state index is -0.518. The first-order valence-corrected chi connectivity index (χ1v) is 13.7. The first-order valence-electron chi connectivity index (χ1n) is 13.7. The molecule has 3 aromatic rings. The van der Waals surface area contributed by atoms with Crippen LogP contribution in [0.25, 0.3) is 10.9 Å². The number of hydrogen-bond donors (Lipinski definition) is 1. The Morgan fingerprint density at radius 1 is 1.08 bits per heavy atom. The van der Waals surface area contributed by atoms with Gasteiger partial charge in [0.2, 0.25) is 11.8 Å². The monoisotopic (exact) mass is 532 g/mol. The van der Waals surface area contributed by atoms with Crippen LogP contribution in [0.1, 0.15) is 60.3 Å². The van der Waals surface area contributed by atoms with E-state index in [4.69, 9.17) is 9.57 Å². The number of hydroxylamine groups is 1. The van der Waals surface area contributed by atoms with Gasteiger partial charge in [0.05, 0.1) is 13.1 Å². The fourth-order valence-electron chi connectivity index (χ4n) is 5.44. The summed E-state index contributed by atoms with van der Waals surface area (Å²) in [4.78, 5) is 47.2. The van der Waals surface area contributed by atoms with Gasteiger partial charge < -0.3 is 19.1 Å². The highest BCUT2D eigenvalue weighted by Gasteiger charge is 2.36. The van der Waals surface area contributed by atoms with Crippen molar-refractivity contribution in [1.29, 1.82) is 0 Å². The Hall–Kier alpha value is -3.69. The lowest BCUT2D eigenvalue weighted by Gasteiger charge is -2.38. The highest BCUT2D eigenvalue weighted by Crippen LogP contribution is 2.29. The van der Waals surface area contributed by atoms with Gasteiger partial charge in [-0.2, -0.15) is 0 Å². The molecule has 5 rings (SSSR count). The lowest BCUT2D eigenvalue weighted by Crippen LogP contribution is -2.58. The number of amides is 3. The van der Waals surface area contributed by atoms with Crippen LogP contribution >= 0.6 is 0 Å². The lowest BCUT2D eigenvalue weighted by molar-refractivity contribution is -0.186.